The van der Waals surface area contributed by atoms with E-state index in [4.69, 9.17) is 0 Å². The number of hydrogen-bond acceptors (Lipinski definition) is 2. The molecule has 2 aromatic heterocycles. The molecule has 0 saturated heterocycles. The van der Waals surface area contributed by atoms with Gasteiger partial charge in [0.25, 0.3) is 0 Å². The second kappa shape index (κ2) is 6.04. The minimum atomic E-state index is -0.0370. The molecular formula is C29H21N3. The summed E-state index contributed by atoms with van der Waals surface area (Å²) in [5.41, 5.74) is 8.85. The van der Waals surface area contributed by atoms with Crippen LogP contribution in [0.2, 0.25) is 0 Å². The van der Waals surface area contributed by atoms with Crippen LogP contribution in [0.25, 0.3) is 49.4 Å². The Hall–Kier alpha value is -3.98. The molecular weight excluding hydrogens is 390 g/mol. The molecule has 2 heterocycles. The summed E-state index contributed by atoms with van der Waals surface area (Å²) in [6, 6.07) is 26.7. The van der Waals surface area contributed by atoms with Crippen LogP contribution < -0.4 is 0 Å². The second-order valence-corrected chi connectivity index (χ2v) is 9.16. The lowest BCUT2D eigenvalue weighted by molar-refractivity contribution is 0.666. The highest BCUT2D eigenvalue weighted by molar-refractivity contribution is 6.22. The molecule has 0 unspecified atom stereocenters. The summed E-state index contributed by atoms with van der Waals surface area (Å²) in [4.78, 5) is 8.55. The van der Waals surface area contributed by atoms with E-state index in [0.29, 0.717) is 0 Å². The van der Waals surface area contributed by atoms with Crippen LogP contribution in [0.15, 0.2) is 91.5 Å². The Morgan fingerprint density at radius 2 is 1.41 bits per heavy atom. The van der Waals surface area contributed by atoms with Gasteiger partial charge < -0.3 is 4.57 Å². The number of nitrogens with zero attached hydrogens (tertiary/aromatic N) is 3. The van der Waals surface area contributed by atoms with E-state index in [1.807, 2.05) is 12.4 Å². The van der Waals surface area contributed by atoms with Crippen molar-refractivity contribution >= 4 is 32.6 Å². The maximum Gasteiger partial charge on any atom is 0.115 e. The zero-order chi connectivity index (χ0) is 21.4. The number of fused-ring (bicyclic) bond motifs is 9. The molecule has 0 spiro atoms. The van der Waals surface area contributed by atoms with Crippen molar-refractivity contribution < 1.29 is 0 Å². The first-order valence-corrected chi connectivity index (χ1v) is 11.0. The molecule has 4 aromatic carbocycles. The Morgan fingerprint density at radius 1 is 0.656 bits per heavy atom. The number of hydrogen-bond donors (Lipinski definition) is 0. The predicted molar refractivity (Wildman–Crippen MR) is 131 cm³/mol. The van der Waals surface area contributed by atoms with E-state index < -0.39 is 0 Å². The van der Waals surface area contributed by atoms with Crippen LogP contribution in [-0.4, -0.2) is 14.5 Å². The fourth-order valence-electron chi connectivity index (χ4n) is 5.85. The quantitative estimate of drug-likeness (QED) is 0.291. The van der Waals surface area contributed by atoms with Crippen LogP contribution >= 0.6 is 0 Å². The van der Waals surface area contributed by atoms with E-state index in [1.165, 1.54) is 54.8 Å². The van der Waals surface area contributed by atoms with E-state index in [9.17, 15) is 0 Å². The van der Waals surface area contributed by atoms with Gasteiger partial charge in [-0.15, -0.1) is 0 Å². The summed E-state index contributed by atoms with van der Waals surface area (Å²) in [6.07, 6.45) is 5.34. The van der Waals surface area contributed by atoms with E-state index in [1.54, 1.807) is 6.33 Å². The predicted octanol–water partition coefficient (Wildman–Crippen LogP) is 7.03. The lowest BCUT2D eigenvalue weighted by Crippen LogP contribution is -2.15. The molecule has 1 aliphatic rings. The van der Waals surface area contributed by atoms with E-state index in [2.05, 4.69) is 101 Å². The Morgan fingerprint density at radius 3 is 2.28 bits per heavy atom. The number of benzene rings is 4. The van der Waals surface area contributed by atoms with Gasteiger partial charge in [0.05, 0.1) is 29.1 Å². The second-order valence-electron chi connectivity index (χ2n) is 9.16. The monoisotopic (exact) mass is 411 g/mol. The van der Waals surface area contributed by atoms with Gasteiger partial charge in [-0.05, 0) is 45.2 Å². The number of rotatable bonds is 1. The molecule has 0 atom stereocenters. The molecule has 0 aliphatic heterocycles. The van der Waals surface area contributed by atoms with Crippen LogP contribution in [0.1, 0.15) is 25.0 Å². The minimum absolute atomic E-state index is 0.0370. The third-order valence-electron chi connectivity index (χ3n) is 7.15. The average Bonchev–Trinajstić information content (AvgIpc) is 3.29. The fourth-order valence-corrected chi connectivity index (χ4v) is 5.85. The molecule has 3 nitrogen and oxygen atoms in total. The minimum Gasteiger partial charge on any atom is -0.306 e. The first-order chi connectivity index (χ1) is 15.7. The molecule has 7 rings (SSSR count). The van der Waals surface area contributed by atoms with Crippen molar-refractivity contribution in [2.75, 3.05) is 0 Å². The van der Waals surface area contributed by atoms with Crippen molar-refractivity contribution in [2.45, 2.75) is 19.3 Å². The van der Waals surface area contributed by atoms with Crippen LogP contribution in [0, 0.1) is 0 Å². The molecule has 0 radical (unpaired) electrons. The van der Waals surface area contributed by atoms with Crippen molar-refractivity contribution in [1.29, 1.82) is 0 Å². The van der Waals surface area contributed by atoms with Crippen molar-refractivity contribution in [3.8, 4) is 16.8 Å². The van der Waals surface area contributed by atoms with Crippen molar-refractivity contribution in [3.05, 3.63) is 103 Å². The number of aromatic nitrogens is 3. The SMILES string of the molecule is CC1(C)c2ccccc2-c2ccc3c(ccc4c3c3ccccc3n4-c3cncnc3)c21. The van der Waals surface area contributed by atoms with Gasteiger partial charge in [-0.25, -0.2) is 9.97 Å². The highest BCUT2D eigenvalue weighted by atomic mass is 15.0. The molecule has 0 amide bonds. The van der Waals surface area contributed by atoms with Gasteiger partial charge >= 0.3 is 0 Å². The van der Waals surface area contributed by atoms with E-state index in [-0.39, 0.29) is 5.41 Å². The Balaban J connectivity index is 1.66. The van der Waals surface area contributed by atoms with Crippen molar-refractivity contribution in [2.24, 2.45) is 0 Å². The van der Waals surface area contributed by atoms with Crippen LogP contribution in [-0.2, 0) is 5.41 Å². The Labute approximate surface area is 186 Å². The van der Waals surface area contributed by atoms with Gasteiger partial charge in [-0.1, -0.05) is 74.5 Å². The zero-order valence-corrected chi connectivity index (χ0v) is 18.0. The summed E-state index contributed by atoms with van der Waals surface area (Å²) >= 11 is 0. The average molecular weight is 412 g/mol. The summed E-state index contributed by atoms with van der Waals surface area (Å²) < 4.78 is 2.28. The molecule has 6 aromatic rings. The standard InChI is InChI=1S/C29H21N3/c1-29(2)24-9-5-3-7-19(24)21-12-11-20-22(28(21)29)13-14-26-27(20)23-8-4-6-10-25(23)32(26)18-15-30-17-31-16-18/h3-17H,1-2H3. The van der Waals surface area contributed by atoms with E-state index >= 15 is 0 Å². The Bertz CT molecular complexity index is 1690. The molecule has 0 N–H and O–H groups in total. The lowest BCUT2D eigenvalue weighted by Gasteiger charge is -2.23. The summed E-state index contributed by atoms with van der Waals surface area (Å²) in [6.45, 7) is 4.71. The van der Waals surface area contributed by atoms with Crippen LogP contribution in [0.5, 0.6) is 0 Å². The van der Waals surface area contributed by atoms with Gasteiger partial charge in [-0.3, -0.25) is 0 Å². The maximum absolute atomic E-state index is 4.27. The molecule has 32 heavy (non-hydrogen) atoms. The Kier molecular flexibility index (Phi) is 3.34. The van der Waals surface area contributed by atoms with Gasteiger partial charge in [0, 0.05) is 16.2 Å². The first kappa shape index (κ1) is 17.7. The lowest BCUT2D eigenvalue weighted by atomic mass is 9.80. The highest BCUT2D eigenvalue weighted by Gasteiger charge is 2.36. The number of para-hydroxylation sites is 1. The molecule has 0 bridgehead atoms. The molecule has 3 heteroatoms. The summed E-state index contributed by atoms with van der Waals surface area (Å²) in [7, 11) is 0. The van der Waals surface area contributed by atoms with Crippen LogP contribution in [0.3, 0.4) is 0 Å². The van der Waals surface area contributed by atoms with Gasteiger partial charge in [0.1, 0.15) is 6.33 Å². The maximum atomic E-state index is 4.27. The first-order valence-electron chi connectivity index (χ1n) is 11.0. The molecule has 152 valence electrons. The summed E-state index contributed by atoms with van der Waals surface area (Å²) in [5, 5.41) is 5.18. The van der Waals surface area contributed by atoms with Crippen LogP contribution in [0.4, 0.5) is 0 Å². The highest BCUT2D eigenvalue weighted by Crippen LogP contribution is 2.52. The smallest absolute Gasteiger partial charge is 0.115 e. The normalized spacial score (nSPS) is 14.2. The fraction of sp³-hybridized carbons (Fsp3) is 0.103. The van der Waals surface area contributed by atoms with Gasteiger partial charge in [0.2, 0.25) is 0 Å². The largest absolute Gasteiger partial charge is 0.306 e. The van der Waals surface area contributed by atoms with Gasteiger partial charge in [-0.2, -0.15) is 0 Å². The molecule has 1 aliphatic carbocycles. The van der Waals surface area contributed by atoms with Gasteiger partial charge in [0.15, 0.2) is 0 Å². The van der Waals surface area contributed by atoms with Crippen molar-refractivity contribution in [1.82, 2.24) is 14.5 Å². The third-order valence-corrected chi connectivity index (χ3v) is 7.15. The van der Waals surface area contributed by atoms with E-state index in [0.717, 1.165) is 5.69 Å². The third kappa shape index (κ3) is 2.10. The topological polar surface area (TPSA) is 30.7 Å². The zero-order valence-electron chi connectivity index (χ0n) is 18.0. The van der Waals surface area contributed by atoms with Crippen molar-refractivity contribution in [3.63, 3.8) is 0 Å². The summed E-state index contributed by atoms with van der Waals surface area (Å²) in [5.74, 6) is 0. The molecule has 0 fully saturated rings. The molecule has 0 saturated carbocycles.